The highest BCUT2D eigenvalue weighted by atomic mass is 16.5. The van der Waals surface area contributed by atoms with E-state index in [-0.39, 0.29) is 6.03 Å². The van der Waals surface area contributed by atoms with Crippen molar-refractivity contribution in [2.24, 2.45) is 0 Å². The minimum absolute atomic E-state index is 0.337. The summed E-state index contributed by atoms with van der Waals surface area (Å²) in [5.74, 6) is 0.419. The van der Waals surface area contributed by atoms with Gasteiger partial charge in [-0.2, -0.15) is 5.10 Å². The molecule has 0 saturated heterocycles. The quantitative estimate of drug-likeness (QED) is 0.670. The number of anilines is 1. The van der Waals surface area contributed by atoms with Crippen molar-refractivity contribution in [2.45, 2.75) is 6.92 Å². The average molecular weight is 250 g/mol. The minimum atomic E-state index is -0.337. The predicted molar refractivity (Wildman–Crippen MR) is 65.2 cm³/mol. The van der Waals surface area contributed by atoms with Gasteiger partial charge in [0, 0.05) is 13.2 Å². The fourth-order valence-corrected chi connectivity index (χ4v) is 1.40. The molecule has 2 heterocycles. The second-order valence-electron chi connectivity index (χ2n) is 3.43. The highest BCUT2D eigenvalue weighted by Crippen LogP contribution is 2.15. The van der Waals surface area contributed by atoms with E-state index in [1.807, 2.05) is 6.92 Å². The zero-order valence-electron chi connectivity index (χ0n) is 9.93. The van der Waals surface area contributed by atoms with Gasteiger partial charge in [-0.15, -0.1) is 0 Å². The first-order valence-corrected chi connectivity index (χ1v) is 5.58. The molecule has 0 unspecified atom stereocenters. The molecule has 0 aliphatic heterocycles. The van der Waals surface area contributed by atoms with Crippen molar-refractivity contribution < 1.29 is 9.53 Å². The molecule has 8 nitrogen and oxygen atoms in total. The van der Waals surface area contributed by atoms with Gasteiger partial charge < -0.3 is 10.1 Å². The number of aromatic nitrogens is 4. The third kappa shape index (κ3) is 2.92. The second-order valence-corrected chi connectivity index (χ2v) is 3.43. The van der Waals surface area contributed by atoms with Crippen LogP contribution < -0.4 is 10.6 Å². The van der Waals surface area contributed by atoms with E-state index in [4.69, 9.17) is 4.74 Å². The summed E-state index contributed by atoms with van der Waals surface area (Å²) in [6.07, 6.45) is 2.92. The van der Waals surface area contributed by atoms with Crippen LogP contribution in [-0.4, -0.2) is 46.0 Å². The van der Waals surface area contributed by atoms with Gasteiger partial charge in [-0.3, -0.25) is 10.4 Å². The molecule has 0 atom stereocenters. The first kappa shape index (κ1) is 12.2. The first-order valence-electron chi connectivity index (χ1n) is 5.58. The zero-order chi connectivity index (χ0) is 12.8. The number of amides is 2. The fourth-order valence-electron chi connectivity index (χ4n) is 1.40. The monoisotopic (exact) mass is 250 g/mol. The van der Waals surface area contributed by atoms with Crippen molar-refractivity contribution in [2.75, 3.05) is 25.1 Å². The number of hydrogen-bond donors (Lipinski definition) is 3. The summed E-state index contributed by atoms with van der Waals surface area (Å²) >= 11 is 0. The molecule has 0 radical (unpaired) electrons. The Morgan fingerprint density at radius 3 is 3.22 bits per heavy atom. The van der Waals surface area contributed by atoms with Crippen molar-refractivity contribution >= 4 is 22.9 Å². The third-order valence-corrected chi connectivity index (χ3v) is 2.22. The summed E-state index contributed by atoms with van der Waals surface area (Å²) < 4.78 is 5.11. The van der Waals surface area contributed by atoms with Crippen LogP contribution in [0.3, 0.4) is 0 Å². The maximum Gasteiger partial charge on any atom is 0.320 e. The van der Waals surface area contributed by atoms with E-state index in [9.17, 15) is 4.79 Å². The van der Waals surface area contributed by atoms with Crippen LogP contribution in [0.2, 0.25) is 0 Å². The molecule has 0 spiro atoms. The molecule has 18 heavy (non-hydrogen) atoms. The van der Waals surface area contributed by atoms with E-state index < -0.39 is 0 Å². The zero-order valence-corrected chi connectivity index (χ0v) is 9.93. The summed E-state index contributed by atoms with van der Waals surface area (Å²) in [5, 5.41) is 12.5. The lowest BCUT2D eigenvalue weighted by atomic mass is 10.4. The van der Waals surface area contributed by atoms with Gasteiger partial charge in [0.25, 0.3) is 0 Å². The Kier molecular flexibility index (Phi) is 4.02. The molecule has 8 heteroatoms. The molecule has 2 aromatic heterocycles. The normalized spacial score (nSPS) is 10.5. The average Bonchev–Trinajstić information content (AvgIpc) is 2.84. The maximum absolute atomic E-state index is 11.6. The topological polar surface area (TPSA) is 105 Å². The Bertz CT molecular complexity index is 526. The number of rotatable bonds is 5. The van der Waals surface area contributed by atoms with Crippen molar-refractivity contribution in [3.05, 3.63) is 12.5 Å². The molecule has 3 N–H and O–H groups in total. The Hall–Kier alpha value is -2.22. The van der Waals surface area contributed by atoms with Gasteiger partial charge in [-0.1, -0.05) is 0 Å². The van der Waals surface area contributed by atoms with E-state index in [0.29, 0.717) is 36.6 Å². The summed E-state index contributed by atoms with van der Waals surface area (Å²) in [7, 11) is 0. The van der Waals surface area contributed by atoms with E-state index in [2.05, 4.69) is 30.8 Å². The van der Waals surface area contributed by atoms with Crippen LogP contribution in [0, 0.1) is 0 Å². The molecule has 0 saturated carbocycles. The van der Waals surface area contributed by atoms with Crippen LogP contribution in [0.25, 0.3) is 11.0 Å². The number of ether oxygens (including phenoxy) is 1. The number of carbonyl (C=O) groups excluding carboxylic acids is 1. The van der Waals surface area contributed by atoms with Crippen molar-refractivity contribution in [3.8, 4) is 0 Å². The highest BCUT2D eigenvalue weighted by Gasteiger charge is 2.08. The summed E-state index contributed by atoms with van der Waals surface area (Å²) in [6, 6.07) is -0.337. The van der Waals surface area contributed by atoms with Gasteiger partial charge in [0.1, 0.15) is 12.1 Å². The SMILES string of the molecule is CCOCCNC(=O)Nc1ncnc2[nH]ncc12. The lowest BCUT2D eigenvalue weighted by Gasteiger charge is -2.07. The van der Waals surface area contributed by atoms with E-state index in [1.54, 1.807) is 6.20 Å². The van der Waals surface area contributed by atoms with Crippen molar-refractivity contribution in [3.63, 3.8) is 0 Å². The minimum Gasteiger partial charge on any atom is -0.380 e. The molecule has 96 valence electrons. The number of carbonyl (C=O) groups is 1. The van der Waals surface area contributed by atoms with Gasteiger partial charge >= 0.3 is 6.03 Å². The second kappa shape index (κ2) is 5.92. The molecule has 0 bridgehead atoms. The van der Waals surface area contributed by atoms with Crippen LogP contribution in [0.15, 0.2) is 12.5 Å². The molecule has 0 fully saturated rings. The Morgan fingerprint density at radius 2 is 2.39 bits per heavy atom. The van der Waals surface area contributed by atoms with E-state index in [1.165, 1.54) is 6.33 Å². The molecule has 0 aliphatic rings. The Labute approximate surface area is 103 Å². The summed E-state index contributed by atoms with van der Waals surface area (Å²) in [6.45, 7) is 3.45. The standard InChI is InChI=1S/C10H14N6O2/c1-2-18-4-3-11-10(17)15-8-7-5-14-16-9(7)13-6-12-8/h5-6H,2-4H2,1H3,(H3,11,12,13,14,15,16,17). The van der Waals surface area contributed by atoms with Gasteiger partial charge in [0.2, 0.25) is 0 Å². The van der Waals surface area contributed by atoms with Crippen molar-refractivity contribution in [1.82, 2.24) is 25.5 Å². The lowest BCUT2D eigenvalue weighted by molar-refractivity contribution is 0.150. The third-order valence-electron chi connectivity index (χ3n) is 2.22. The molecule has 0 aliphatic carbocycles. The molecule has 2 amide bonds. The Morgan fingerprint density at radius 1 is 1.50 bits per heavy atom. The van der Waals surface area contributed by atoms with Gasteiger partial charge in [0.05, 0.1) is 18.2 Å². The van der Waals surface area contributed by atoms with Crippen LogP contribution in [0.4, 0.5) is 10.6 Å². The van der Waals surface area contributed by atoms with Crippen LogP contribution >= 0.6 is 0 Å². The molecule has 2 aromatic rings. The first-order chi connectivity index (χ1) is 8.81. The number of urea groups is 1. The van der Waals surface area contributed by atoms with Crippen LogP contribution in [-0.2, 0) is 4.74 Å². The largest absolute Gasteiger partial charge is 0.380 e. The number of nitrogens with zero attached hydrogens (tertiary/aromatic N) is 3. The number of nitrogens with one attached hydrogen (secondary N) is 3. The van der Waals surface area contributed by atoms with Gasteiger partial charge in [0.15, 0.2) is 5.65 Å². The van der Waals surface area contributed by atoms with Gasteiger partial charge in [-0.25, -0.2) is 14.8 Å². The molecular formula is C10H14N6O2. The number of aromatic amines is 1. The lowest BCUT2D eigenvalue weighted by Crippen LogP contribution is -2.31. The Balaban J connectivity index is 1.92. The van der Waals surface area contributed by atoms with E-state index in [0.717, 1.165) is 0 Å². The highest BCUT2D eigenvalue weighted by molar-refractivity contribution is 5.96. The molecule has 2 rings (SSSR count). The molecular weight excluding hydrogens is 236 g/mol. The van der Waals surface area contributed by atoms with Crippen LogP contribution in [0.1, 0.15) is 6.92 Å². The summed E-state index contributed by atoms with van der Waals surface area (Å²) in [5.41, 5.74) is 0.578. The number of fused-ring (bicyclic) bond motifs is 1. The maximum atomic E-state index is 11.6. The molecule has 0 aromatic carbocycles. The fraction of sp³-hybridized carbons (Fsp3) is 0.400. The smallest absolute Gasteiger partial charge is 0.320 e. The summed E-state index contributed by atoms with van der Waals surface area (Å²) in [4.78, 5) is 19.5. The van der Waals surface area contributed by atoms with Crippen LogP contribution in [0.5, 0.6) is 0 Å². The predicted octanol–water partition coefficient (Wildman–Crippen LogP) is 0.511. The van der Waals surface area contributed by atoms with Crippen molar-refractivity contribution in [1.29, 1.82) is 0 Å². The number of hydrogen-bond acceptors (Lipinski definition) is 5. The van der Waals surface area contributed by atoms with E-state index >= 15 is 0 Å². The number of H-pyrrole nitrogens is 1. The van der Waals surface area contributed by atoms with Gasteiger partial charge in [-0.05, 0) is 6.92 Å².